The van der Waals surface area contributed by atoms with Crippen molar-refractivity contribution in [3.63, 3.8) is 0 Å². The lowest BCUT2D eigenvalue weighted by molar-refractivity contribution is -0.116. The zero-order valence-corrected chi connectivity index (χ0v) is 16.5. The third-order valence-corrected chi connectivity index (χ3v) is 5.88. The Morgan fingerprint density at radius 3 is 2.23 bits per heavy atom. The standard InChI is InChI=1S/C20H26N2O3S/c1-15(2)18-9-11-19(12-10-18)22(17(4)23)14-13-21-26(24,25)20-8-6-5-7-16(20)3/h5-12,15,21H,13-14H2,1-4H3. The Balaban J connectivity index is 2.07. The van der Waals surface area contributed by atoms with E-state index in [0.717, 1.165) is 5.69 Å². The molecule has 0 atom stereocenters. The van der Waals surface area contributed by atoms with Crippen molar-refractivity contribution in [2.75, 3.05) is 18.0 Å². The molecule has 0 unspecified atom stereocenters. The van der Waals surface area contributed by atoms with Gasteiger partial charge in [0.05, 0.1) is 4.90 Å². The van der Waals surface area contributed by atoms with Crippen molar-refractivity contribution in [1.82, 2.24) is 4.72 Å². The predicted molar refractivity (Wildman–Crippen MR) is 105 cm³/mol. The first kappa shape index (κ1) is 20.1. The van der Waals surface area contributed by atoms with E-state index in [4.69, 9.17) is 0 Å². The molecule has 0 saturated heterocycles. The summed E-state index contributed by atoms with van der Waals surface area (Å²) in [6.07, 6.45) is 0. The van der Waals surface area contributed by atoms with Gasteiger partial charge in [-0.05, 0) is 42.2 Å². The first-order valence-electron chi connectivity index (χ1n) is 8.65. The van der Waals surface area contributed by atoms with Crippen LogP contribution in [0.3, 0.4) is 0 Å². The highest BCUT2D eigenvalue weighted by Gasteiger charge is 2.17. The van der Waals surface area contributed by atoms with Gasteiger partial charge < -0.3 is 4.90 Å². The summed E-state index contributed by atoms with van der Waals surface area (Å²) in [5.41, 5.74) is 2.64. The summed E-state index contributed by atoms with van der Waals surface area (Å²) in [5.74, 6) is 0.285. The van der Waals surface area contributed by atoms with Crippen LogP contribution in [0.1, 0.15) is 37.8 Å². The van der Waals surface area contributed by atoms with E-state index in [2.05, 4.69) is 18.6 Å². The topological polar surface area (TPSA) is 66.5 Å². The number of hydrogen-bond donors (Lipinski definition) is 1. The number of carbonyl (C=O) groups is 1. The molecule has 0 heterocycles. The second-order valence-electron chi connectivity index (χ2n) is 6.58. The van der Waals surface area contributed by atoms with Crippen LogP contribution in [0.15, 0.2) is 53.4 Å². The molecule has 2 rings (SSSR count). The summed E-state index contributed by atoms with van der Waals surface area (Å²) in [4.78, 5) is 13.8. The molecule has 140 valence electrons. The number of aryl methyl sites for hydroxylation is 1. The molecule has 0 fully saturated rings. The van der Waals surface area contributed by atoms with Gasteiger partial charge in [0.1, 0.15) is 0 Å². The highest BCUT2D eigenvalue weighted by molar-refractivity contribution is 7.89. The van der Waals surface area contributed by atoms with E-state index >= 15 is 0 Å². The number of sulfonamides is 1. The van der Waals surface area contributed by atoms with Gasteiger partial charge in [0.2, 0.25) is 15.9 Å². The molecule has 0 radical (unpaired) electrons. The summed E-state index contributed by atoms with van der Waals surface area (Å²) < 4.78 is 27.5. The van der Waals surface area contributed by atoms with E-state index in [-0.39, 0.29) is 23.9 Å². The Morgan fingerprint density at radius 2 is 1.69 bits per heavy atom. The van der Waals surface area contributed by atoms with E-state index in [9.17, 15) is 13.2 Å². The van der Waals surface area contributed by atoms with Crippen LogP contribution in [0.25, 0.3) is 0 Å². The number of rotatable bonds is 7. The quantitative estimate of drug-likeness (QED) is 0.807. The SMILES string of the molecule is CC(=O)N(CCNS(=O)(=O)c1ccccc1C)c1ccc(C(C)C)cc1. The zero-order chi connectivity index (χ0) is 19.3. The van der Waals surface area contributed by atoms with Crippen LogP contribution in [0, 0.1) is 6.92 Å². The summed E-state index contributed by atoms with van der Waals surface area (Å²) in [6.45, 7) is 7.86. The van der Waals surface area contributed by atoms with Crippen LogP contribution in [0.4, 0.5) is 5.69 Å². The number of carbonyl (C=O) groups excluding carboxylic acids is 1. The van der Waals surface area contributed by atoms with Gasteiger partial charge in [-0.2, -0.15) is 0 Å². The van der Waals surface area contributed by atoms with Crippen molar-refractivity contribution >= 4 is 21.6 Å². The van der Waals surface area contributed by atoms with Gasteiger partial charge in [-0.3, -0.25) is 4.79 Å². The van der Waals surface area contributed by atoms with Crippen LogP contribution >= 0.6 is 0 Å². The third-order valence-electron chi connectivity index (χ3n) is 4.26. The van der Waals surface area contributed by atoms with Crippen LogP contribution in [-0.2, 0) is 14.8 Å². The lowest BCUT2D eigenvalue weighted by Crippen LogP contribution is -2.37. The molecule has 6 heteroatoms. The fraction of sp³-hybridized carbons (Fsp3) is 0.350. The molecule has 5 nitrogen and oxygen atoms in total. The van der Waals surface area contributed by atoms with Crippen molar-refractivity contribution in [2.45, 2.75) is 38.5 Å². The van der Waals surface area contributed by atoms with E-state index < -0.39 is 10.0 Å². The van der Waals surface area contributed by atoms with E-state index in [1.54, 1.807) is 36.1 Å². The minimum Gasteiger partial charge on any atom is -0.311 e. The minimum atomic E-state index is -3.60. The molecule has 26 heavy (non-hydrogen) atoms. The Bertz CT molecular complexity index is 859. The molecule has 0 aliphatic heterocycles. The van der Waals surface area contributed by atoms with Crippen molar-refractivity contribution < 1.29 is 13.2 Å². The first-order chi connectivity index (χ1) is 12.2. The smallest absolute Gasteiger partial charge is 0.240 e. The molecule has 1 amide bonds. The van der Waals surface area contributed by atoms with E-state index in [0.29, 0.717) is 11.5 Å². The van der Waals surface area contributed by atoms with Crippen LogP contribution in [-0.4, -0.2) is 27.4 Å². The summed E-state index contributed by atoms with van der Waals surface area (Å²) in [6, 6.07) is 14.6. The zero-order valence-electron chi connectivity index (χ0n) is 15.7. The average Bonchev–Trinajstić information content (AvgIpc) is 2.58. The molecule has 0 bridgehead atoms. The Hall–Kier alpha value is -2.18. The number of hydrogen-bond acceptors (Lipinski definition) is 3. The minimum absolute atomic E-state index is 0.127. The van der Waals surface area contributed by atoms with Crippen molar-refractivity contribution in [2.24, 2.45) is 0 Å². The normalized spacial score (nSPS) is 11.6. The number of benzene rings is 2. The molecule has 0 aliphatic carbocycles. The van der Waals surface area contributed by atoms with Gasteiger partial charge in [0.15, 0.2) is 0 Å². The number of amides is 1. The van der Waals surface area contributed by atoms with Crippen LogP contribution in [0.2, 0.25) is 0 Å². The molecule has 0 saturated carbocycles. The maximum absolute atomic E-state index is 12.4. The number of nitrogens with zero attached hydrogens (tertiary/aromatic N) is 1. The largest absolute Gasteiger partial charge is 0.311 e. The maximum Gasteiger partial charge on any atom is 0.240 e. The van der Waals surface area contributed by atoms with Crippen LogP contribution < -0.4 is 9.62 Å². The Labute approximate surface area is 156 Å². The van der Waals surface area contributed by atoms with Gasteiger partial charge in [-0.25, -0.2) is 13.1 Å². The highest BCUT2D eigenvalue weighted by Crippen LogP contribution is 2.20. The fourth-order valence-corrected chi connectivity index (χ4v) is 4.00. The van der Waals surface area contributed by atoms with Gasteiger partial charge in [0, 0.05) is 25.7 Å². The average molecular weight is 375 g/mol. The summed E-state index contributed by atoms with van der Waals surface area (Å²) in [7, 11) is -3.60. The van der Waals surface area contributed by atoms with Gasteiger partial charge in [-0.15, -0.1) is 0 Å². The molecule has 2 aromatic carbocycles. The molecule has 2 aromatic rings. The molecular formula is C20H26N2O3S. The molecule has 0 aromatic heterocycles. The highest BCUT2D eigenvalue weighted by atomic mass is 32.2. The second-order valence-corrected chi connectivity index (χ2v) is 8.32. The van der Waals surface area contributed by atoms with E-state index in [1.165, 1.54) is 12.5 Å². The van der Waals surface area contributed by atoms with Crippen LogP contribution in [0.5, 0.6) is 0 Å². The fourth-order valence-electron chi connectivity index (χ4n) is 2.74. The molecule has 0 spiro atoms. The van der Waals surface area contributed by atoms with Crippen molar-refractivity contribution in [3.8, 4) is 0 Å². The molecular weight excluding hydrogens is 348 g/mol. The summed E-state index contributed by atoms with van der Waals surface area (Å²) in [5, 5.41) is 0. The maximum atomic E-state index is 12.4. The second kappa shape index (κ2) is 8.47. The number of nitrogens with one attached hydrogen (secondary N) is 1. The Kier molecular flexibility index (Phi) is 6.56. The lowest BCUT2D eigenvalue weighted by Gasteiger charge is -2.22. The van der Waals surface area contributed by atoms with Crippen molar-refractivity contribution in [1.29, 1.82) is 0 Å². The van der Waals surface area contributed by atoms with Gasteiger partial charge >= 0.3 is 0 Å². The monoisotopic (exact) mass is 374 g/mol. The predicted octanol–water partition coefficient (Wildman–Crippen LogP) is 3.45. The van der Waals surface area contributed by atoms with Crippen molar-refractivity contribution in [3.05, 3.63) is 59.7 Å². The Morgan fingerprint density at radius 1 is 1.08 bits per heavy atom. The summed E-state index contributed by atoms with van der Waals surface area (Å²) >= 11 is 0. The molecule has 1 N–H and O–H groups in total. The van der Waals surface area contributed by atoms with Gasteiger partial charge in [0.25, 0.3) is 0 Å². The number of anilines is 1. The first-order valence-corrected chi connectivity index (χ1v) is 10.1. The third kappa shape index (κ3) is 4.93. The molecule has 0 aliphatic rings. The van der Waals surface area contributed by atoms with E-state index in [1.807, 2.05) is 24.3 Å². The lowest BCUT2D eigenvalue weighted by atomic mass is 10.0. The van der Waals surface area contributed by atoms with Gasteiger partial charge in [-0.1, -0.05) is 44.2 Å².